The minimum absolute atomic E-state index is 0.635. The summed E-state index contributed by atoms with van der Waals surface area (Å²) < 4.78 is 5.51. The molecule has 6 nitrogen and oxygen atoms in total. The normalized spacial score (nSPS) is 10.9. The summed E-state index contributed by atoms with van der Waals surface area (Å²) in [4.78, 5) is 12.9. The molecule has 0 amide bonds. The minimum Gasteiger partial charge on any atom is -0.441 e. The van der Waals surface area contributed by atoms with Gasteiger partial charge in [0.05, 0.1) is 6.54 Å². The van der Waals surface area contributed by atoms with Crippen LogP contribution in [0.5, 0.6) is 0 Å². The largest absolute Gasteiger partial charge is 0.441 e. The molecule has 0 radical (unpaired) electrons. The van der Waals surface area contributed by atoms with Crippen molar-refractivity contribution in [3.8, 4) is 0 Å². The first-order valence-corrected chi connectivity index (χ1v) is 6.35. The van der Waals surface area contributed by atoms with Crippen LogP contribution in [-0.4, -0.2) is 22.0 Å². The molecule has 0 atom stereocenters. The third-order valence-electron chi connectivity index (χ3n) is 2.81. The third-order valence-corrected chi connectivity index (χ3v) is 2.81. The molecule has 0 spiro atoms. The van der Waals surface area contributed by atoms with Gasteiger partial charge in [0.15, 0.2) is 11.5 Å². The summed E-state index contributed by atoms with van der Waals surface area (Å²) in [5.41, 5.74) is 2.52. The van der Waals surface area contributed by atoms with Crippen molar-refractivity contribution >= 4 is 22.6 Å². The monoisotopic (exact) mass is 269 g/mol. The predicted octanol–water partition coefficient (Wildman–Crippen LogP) is 2.39. The molecular formula is C14H15N5O. The van der Waals surface area contributed by atoms with Gasteiger partial charge in [0, 0.05) is 24.9 Å². The molecule has 0 saturated heterocycles. The lowest BCUT2D eigenvalue weighted by atomic mass is 10.3. The average molecular weight is 269 g/mol. The summed E-state index contributed by atoms with van der Waals surface area (Å²) in [7, 11) is 1.86. The molecule has 1 aromatic carbocycles. The van der Waals surface area contributed by atoms with Gasteiger partial charge in [-0.15, -0.1) is 0 Å². The number of hydrogen-bond acceptors (Lipinski definition) is 6. The van der Waals surface area contributed by atoms with E-state index in [1.54, 1.807) is 6.20 Å². The second-order valence-electron chi connectivity index (χ2n) is 4.43. The highest BCUT2D eigenvalue weighted by Crippen LogP contribution is 2.22. The summed E-state index contributed by atoms with van der Waals surface area (Å²) in [6, 6.07) is 7.61. The molecule has 0 bridgehead atoms. The van der Waals surface area contributed by atoms with Crippen molar-refractivity contribution in [2.75, 3.05) is 12.4 Å². The molecule has 0 fully saturated rings. The lowest BCUT2D eigenvalue weighted by molar-refractivity contribution is 0.561. The number of oxazole rings is 1. The Kier molecular flexibility index (Phi) is 3.30. The van der Waals surface area contributed by atoms with E-state index >= 15 is 0 Å². The van der Waals surface area contributed by atoms with E-state index < -0.39 is 0 Å². The highest BCUT2D eigenvalue weighted by molar-refractivity contribution is 5.78. The number of rotatable bonds is 4. The van der Waals surface area contributed by atoms with Crippen LogP contribution in [0, 0.1) is 6.92 Å². The molecule has 2 N–H and O–H groups in total. The van der Waals surface area contributed by atoms with Gasteiger partial charge in [0.2, 0.25) is 0 Å². The van der Waals surface area contributed by atoms with Crippen LogP contribution >= 0.6 is 0 Å². The van der Waals surface area contributed by atoms with Gasteiger partial charge in [-0.05, 0) is 25.2 Å². The number of fused-ring (bicyclic) bond motifs is 1. The van der Waals surface area contributed by atoms with E-state index in [9.17, 15) is 0 Å². The summed E-state index contributed by atoms with van der Waals surface area (Å²) >= 11 is 0. The van der Waals surface area contributed by atoms with Gasteiger partial charge >= 0.3 is 0 Å². The first-order valence-electron chi connectivity index (χ1n) is 6.35. The van der Waals surface area contributed by atoms with Crippen molar-refractivity contribution in [1.82, 2.24) is 20.3 Å². The quantitative estimate of drug-likeness (QED) is 0.757. The topological polar surface area (TPSA) is 75.9 Å². The number of nitrogens with zero attached hydrogens (tertiary/aromatic N) is 3. The Morgan fingerprint density at radius 3 is 2.95 bits per heavy atom. The first-order chi connectivity index (χ1) is 9.74. The van der Waals surface area contributed by atoms with E-state index in [1.165, 1.54) is 0 Å². The third kappa shape index (κ3) is 2.60. The van der Waals surface area contributed by atoms with Crippen LogP contribution in [0.15, 0.2) is 34.9 Å². The van der Waals surface area contributed by atoms with Gasteiger partial charge in [-0.3, -0.25) is 0 Å². The van der Waals surface area contributed by atoms with E-state index in [2.05, 4.69) is 25.6 Å². The van der Waals surface area contributed by atoms with Gasteiger partial charge in [-0.25, -0.2) is 15.0 Å². The molecular weight excluding hydrogens is 254 g/mol. The van der Waals surface area contributed by atoms with E-state index in [1.807, 2.05) is 38.2 Å². The Balaban J connectivity index is 1.86. The maximum atomic E-state index is 5.51. The van der Waals surface area contributed by atoms with E-state index in [-0.39, 0.29) is 0 Å². The maximum Gasteiger partial charge on any atom is 0.192 e. The Morgan fingerprint density at radius 1 is 1.20 bits per heavy atom. The molecule has 2 aromatic heterocycles. The van der Waals surface area contributed by atoms with Gasteiger partial charge in [-0.1, -0.05) is 0 Å². The zero-order valence-corrected chi connectivity index (χ0v) is 11.3. The predicted molar refractivity (Wildman–Crippen MR) is 76.8 cm³/mol. The molecule has 2 heterocycles. The van der Waals surface area contributed by atoms with Crippen molar-refractivity contribution < 1.29 is 4.42 Å². The lowest BCUT2D eigenvalue weighted by Crippen LogP contribution is -2.09. The van der Waals surface area contributed by atoms with Crippen LogP contribution in [0.1, 0.15) is 11.7 Å². The van der Waals surface area contributed by atoms with E-state index in [0.717, 1.165) is 28.4 Å². The van der Waals surface area contributed by atoms with Gasteiger partial charge < -0.3 is 15.1 Å². The lowest BCUT2D eigenvalue weighted by Gasteiger charge is -2.06. The number of anilines is 2. The van der Waals surface area contributed by atoms with Crippen LogP contribution in [0.3, 0.4) is 0 Å². The highest BCUT2D eigenvalue weighted by atomic mass is 16.3. The zero-order chi connectivity index (χ0) is 13.9. The minimum atomic E-state index is 0.635. The second-order valence-corrected chi connectivity index (χ2v) is 4.43. The number of hydrogen-bond donors (Lipinski definition) is 2. The van der Waals surface area contributed by atoms with Crippen molar-refractivity contribution in [2.45, 2.75) is 13.5 Å². The number of aryl methyl sites for hydroxylation is 1. The molecule has 0 saturated carbocycles. The molecule has 0 aliphatic rings. The fourth-order valence-corrected chi connectivity index (χ4v) is 1.98. The SMILES string of the molecule is CNCc1nccc(Nc2ccc3nc(C)oc3c2)n1. The molecule has 20 heavy (non-hydrogen) atoms. The highest BCUT2D eigenvalue weighted by Gasteiger charge is 2.04. The number of nitrogens with one attached hydrogen (secondary N) is 2. The second kappa shape index (κ2) is 5.26. The van der Waals surface area contributed by atoms with Gasteiger partial charge in [0.1, 0.15) is 17.2 Å². The molecule has 102 valence electrons. The summed E-state index contributed by atoms with van der Waals surface area (Å²) in [6.07, 6.45) is 1.74. The molecule has 0 aliphatic heterocycles. The van der Waals surface area contributed by atoms with Crippen LogP contribution in [0.2, 0.25) is 0 Å². The summed E-state index contributed by atoms with van der Waals surface area (Å²) in [5.74, 6) is 2.16. The molecule has 3 rings (SSSR count). The van der Waals surface area contributed by atoms with Crippen LogP contribution in [0.25, 0.3) is 11.1 Å². The molecule has 6 heteroatoms. The van der Waals surface area contributed by atoms with Crippen molar-refractivity contribution in [2.24, 2.45) is 0 Å². The Morgan fingerprint density at radius 2 is 2.10 bits per heavy atom. The fraction of sp³-hybridized carbons (Fsp3) is 0.214. The fourth-order valence-electron chi connectivity index (χ4n) is 1.98. The maximum absolute atomic E-state index is 5.51. The van der Waals surface area contributed by atoms with Crippen LogP contribution in [0.4, 0.5) is 11.5 Å². The Labute approximate surface area is 116 Å². The van der Waals surface area contributed by atoms with Crippen LogP contribution in [-0.2, 0) is 6.54 Å². The smallest absolute Gasteiger partial charge is 0.192 e. The Bertz CT molecular complexity index is 737. The number of aromatic nitrogens is 3. The van der Waals surface area contributed by atoms with E-state index in [0.29, 0.717) is 12.4 Å². The van der Waals surface area contributed by atoms with Gasteiger partial charge in [0.25, 0.3) is 0 Å². The molecule has 0 unspecified atom stereocenters. The zero-order valence-electron chi connectivity index (χ0n) is 11.3. The van der Waals surface area contributed by atoms with Crippen molar-refractivity contribution in [1.29, 1.82) is 0 Å². The summed E-state index contributed by atoms with van der Waals surface area (Å²) in [5, 5.41) is 6.26. The summed E-state index contributed by atoms with van der Waals surface area (Å²) in [6.45, 7) is 2.47. The van der Waals surface area contributed by atoms with Crippen LogP contribution < -0.4 is 10.6 Å². The number of benzene rings is 1. The van der Waals surface area contributed by atoms with Crippen molar-refractivity contribution in [3.05, 3.63) is 42.2 Å². The standard InChI is InChI=1S/C14H15N5O/c1-9-17-11-4-3-10(7-12(11)20-9)18-13-5-6-16-14(19-13)8-15-2/h3-7,15H,8H2,1-2H3,(H,16,18,19). The van der Waals surface area contributed by atoms with E-state index in [4.69, 9.17) is 4.42 Å². The van der Waals surface area contributed by atoms with Gasteiger partial charge in [-0.2, -0.15) is 0 Å². The first kappa shape index (κ1) is 12.6. The molecule has 0 aliphatic carbocycles. The van der Waals surface area contributed by atoms with Crippen molar-refractivity contribution in [3.63, 3.8) is 0 Å². The average Bonchev–Trinajstić information content (AvgIpc) is 2.79. The Hall–Kier alpha value is -2.47. The molecule has 3 aromatic rings.